The maximum Gasteiger partial charge on any atom is 0.0798 e. The Labute approximate surface area is 116 Å². The van der Waals surface area contributed by atoms with Crippen molar-refractivity contribution in [1.82, 2.24) is 10.3 Å². The highest BCUT2D eigenvalue weighted by atomic mass is 32.2. The number of nitrogens with zero attached hydrogens (tertiary/aromatic N) is 1. The van der Waals surface area contributed by atoms with Gasteiger partial charge in [-0.3, -0.25) is 4.21 Å². The third kappa shape index (κ3) is 3.62. The third-order valence-corrected chi connectivity index (χ3v) is 6.35. The Hall–Kier alpha value is -0.260. The van der Waals surface area contributed by atoms with E-state index in [0.717, 1.165) is 30.8 Å². The first kappa shape index (κ1) is 14.2. The number of nitrogens with one attached hydrogen (secondary N) is 1. The average molecular weight is 286 g/mol. The fourth-order valence-corrected chi connectivity index (χ4v) is 4.61. The second-order valence-corrected chi connectivity index (χ2v) is 7.84. The van der Waals surface area contributed by atoms with Gasteiger partial charge in [0, 0.05) is 39.3 Å². The molecule has 5 heteroatoms. The first-order valence-electron chi connectivity index (χ1n) is 6.70. The molecule has 0 amide bonds. The first-order valence-corrected chi connectivity index (χ1v) is 8.96. The van der Waals surface area contributed by atoms with E-state index in [1.165, 1.54) is 17.7 Å². The predicted octanol–water partition coefficient (Wildman–Crippen LogP) is 2.62. The Morgan fingerprint density at radius 2 is 2.39 bits per heavy atom. The largest absolute Gasteiger partial charge is 0.309 e. The monoisotopic (exact) mass is 286 g/mol. The van der Waals surface area contributed by atoms with Crippen molar-refractivity contribution < 1.29 is 4.21 Å². The predicted molar refractivity (Wildman–Crippen MR) is 78.4 cm³/mol. The van der Waals surface area contributed by atoms with Gasteiger partial charge in [-0.15, -0.1) is 11.3 Å². The van der Waals surface area contributed by atoms with E-state index in [2.05, 4.69) is 17.2 Å². The van der Waals surface area contributed by atoms with Crippen LogP contribution >= 0.6 is 11.3 Å². The molecule has 0 unspecified atom stereocenters. The van der Waals surface area contributed by atoms with E-state index in [0.29, 0.717) is 11.3 Å². The van der Waals surface area contributed by atoms with E-state index >= 15 is 0 Å². The molecule has 1 N–H and O–H groups in total. The van der Waals surface area contributed by atoms with Gasteiger partial charge in [-0.05, 0) is 26.2 Å². The van der Waals surface area contributed by atoms with Crippen LogP contribution in [0.1, 0.15) is 43.2 Å². The van der Waals surface area contributed by atoms with Gasteiger partial charge in [0.2, 0.25) is 0 Å². The summed E-state index contributed by atoms with van der Waals surface area (Å²) in [6.45, 7) is 4.99. The summed E-state index contributed by atoms with van der Waals surface area (Å²) in [5.74, 6) is 0.797. The van der Waals surface area contributed by atoms with Crippen LogP contribution in [0, 0.1) is 6.92 Å². The molecule has 1 aliphatic rings. The van der Waals surface area contributed by atoms with Crippen LogP contribution in [-0.2, 0) is 17.3 Å². The highest BCUT2D eigenvalue weighted by molar-refractivity contribution is 7.85. The van der Waals surface area contributed by atoms with E-state index in [9.17, 15) is 4.21 Å². The summed E-state index contributed by atoms with van der Waals surface area (Å²) in [6.07, 6.45) is 4.63. The number of hydrogen-bond acceptors (Lipinski definition) is 4. The van der Waals surface area contributed by atoms with Crippen molar-refractivity contribution in [3.8, 4) is 0 Å². The van der Waals surface area contributed by atoms with Crippen LogP contribution in [0.3, 0.4) is 0 Å². The summed E-state index contributed by atoms with van der Waals surface area (Å²) in [7, 11) is -0.629. The second kappa shape index (κ2) is 6.78. The van der Waals surface area contributed by atoms with Crippen molar-refractivity contribution in [2.24, 2.45) is 0 Å². The highest BCUT2D eigenvalue weighted by Crippen LogP contribution is 2.23. The van der Waals surface area contributed by atoms with Crippen LogP contribution in [0.4, 0.5) is 0 Å². The average Bonchev–Trinajstić information content (AvgIpc) is 2.81. The molecule has 1 aliphatic carbocycles. The van der Waals surface area contributed by atoms with E-state index < -0.39 is 10.8 Å². The number of aromatic nitrogens is 1. The summed E-state index contributed by atoms with van der Waals surface area (Å²) in [4.78, 5) is 5.59. The maximum absolute atomic E-state index is 11.9. The van der Waals surface area contributed by atoms with Crippen LogP contribution in [0.15, 0.2) is 5.51 Å². The Kier molecular flexibility index (Phi) is 5.33. The molecular weight excluding hydrogens is 264 g/mol. The standard InChI is InChI=1S/C13H22N2OS2/c1-3-18(16)12-6-4-5-11(7-12)14-8-13-10(2)15-9-17-13/h9,11-12,14H,3-8H2,1-2H3/t11-,12-,18+/m0/s1. The molecule has 102 valence electrons. The molecule has 1 aromatic heterocycles. The zero-order valence-electron chi connectivity index (χ0n) is 11.1. The first-order chi connectivity index (χ1) is 8.70. The molecule has 1 saturated carbocycles. The zero-order chi connectivity index (χ0) is 13.0. The molecule has 1 aromatic rings. The van der Waals surface area contributed by atoms with Crippen LogP contribution in [0.2, 0.25) is 0 Å². The fraction of sp³-hybridized carbons (Fsp3) is 0.769. The molecule has 0 bridgehead atoms. The van der Waals surface area contributed by atoms with Crippen LogP contribution < -0.4 is 5.32 Å². The summed E-state index contributed by atoms with van der Waals surface area (Å²) < 4.78 is 11.9. The van der Waals surface area contributed by atoms with Gasteiger partial charge in [-0.1, -0.05) is 13.3 Å². The number of thiazole rings is 1. The Morgan fingerprint density at radius 3 is 3.06 bits per heavy atom. The van der Waals surface area contributed by atoms with E-state index in [-0.39, 0.29) is 0 Å². The number of hydrogen-bond donors (Lipinski definition) is 1. The van der Waals surface area contributed by atoms with E-state index in [4.69, 9.17) is 0 Å². The lowest BCUT2D eigenvalue weighted by atomic mass is 9.95. The Morgan fingerprint density at radius 1 is 1.56 bits per heavy atom. The molecule has 18 heavy (non-hydrogen) atoms. The number of aryl methyl sites for hydroxylation is 1. The quantitative estimate of drug-likeness (QED) is 0.905. The van der Waals surface area contributed by atoms with Gasteiger partial charge in [0.15, 0.2) is 0 Å². The minimum Gasteiger partial charge on any atom is -0.309 e. The van der Waals surface area contributed by atoms with Gasteiger partial charge in [0.25, 0.3) is 0 Å². The molecular formula is C13H22N2OS2. The fourth-order valence-electron chi connectivity index (χ4n) is 2.54. The molecule has 0 spiro atoms. The van der Waals surface area contributed by atoms with Crippen LogP contribution in [-0.4, -0.2) is 26.2 Å². The van der Waals surface area contributed by atoms with Crippen LogP contribution in [0.5, 0.6) is 0 Å². The van der Waals surface area contributed by atoms with Crippen molar-refractivity contribution in [3.63, 3.8) is 0 Å². The molecule has 3 nitrogen and oxygen atoms in total. The number of rotatable bonds is 5. The van der Waals surface area contributed by atoms with Crippen molar-refractivity contribution in [3.05, 3.63) is 16.1 Å². The van der Waals surface area contributed by atoms with Crippen molar-refractivity contribution in [1.29, 1.82) is 0 Å². The van der Waals surface area contributed by atoms with E-state index in [1.807, 2.05) is 12.4 Å². The molecule has 2 rings (SSSR count). The maximum atomic E-state index is 11.9. The molecule has 3 atom stereocenters. The van der Waals surface area contributed by atoms with Gasteiger partial charge in [-0.25, -0.2) is 4.98 Å². The molecule has 0 saturated heterocycles. The Balaban J connectivity index is 1.83. The zero-order valence-corrected chi connectivity index (χ0v) is 12.8. The SMILES string of the molecule is CC[S@@](=O)[C@H]1CCC[C@H](NCc2scnc2C)C1. The van der Waals surface area contributed by atoms with Crippen LogP contribution in [0.25, 0.3) is 0 Å². The molecule has 0 aliphatic heterocycles. The van der Waals surface area contributed by atoms with Crippen molar-refractivity contribution in [2.75, 3.05) is 5.75 Å². The molecule has 0 radical (unpaired) electrons. The summed E-state index contributed by atoms with van der Waals surface area (Å²) >= 11 is 1.72. The summed E-state index contributed by atoms with van der Waals surface area (Å²) in [5, 5.41) is 4.02. The smallest absolute Gasteiger partial charge is 0.0798 e. The van der Waals surface area contributed by atoms with Gasteiger partial charge < -0.3 is 5.32 Å². The minimum atomic E-state index is -0.629. The highest BCUT2D eigenvalue weighted by Gasteiger charge is 2.25. The van der Waals surface area contributed by atoms with Gasteiger partial charge >= 0.3 is 0 Å². The lowest BCUT2D eigenvalue weighted by Gasteiger charge is -2.29. The van der Waals surface area contributed by atoms with Gasteiger partial charge in [0.1, 0.15) is 0 Å². The van der Waals surface area contributed by atoms with Crippen molar-refractivity contribution >= 4 is 22.1 Å². The second-order valence-electron chi connectivity index (χ2n) is 4.90. The molecule has 1 fully saturated rings. The third-order valence-electron chi connectivity index (χ3n) is 3.68. The normalized spacial score (nSPS) is 26.1. The summed E-state index contributed by atoms with van der Waals surface area (Å²) in [5.41, 5.74) is 3.04. The molecule has 0 aromatic carbocycles. The molecule has 1 heterocycles. The van der Waals surface area contributed by atoms with Crippen molar-refractivity contribution in [2.45, 2.75) is 57.4 Å². The van der Waals surface area contributed by atoms with Gasteiger partial charge in [-0.2, -0.15) is 0 Å². The Bertz CT molecular complexity index is 405. The lowest BCUT2D eigenvalue weighted by molar-refractivity contribution is 0.376. The lowest BCUT2D eigenvalue weighted by Crippen LogP contribution is -2.37. The topological polar surface area (TPSA) is 42.0 Å². The minimum absolute atomic E-state index is 0.406. The van der Waals surface area contributed by atoms with E-state index in [1.54, 1.807) is 11.3 Å². The summed E-state index contributed by atoms with van der Waals surface area (Å²) in [6, 6.07) is 0.528. The van der Waals surface area contributed by atoms with Gasteiger partial charge in [0.05, 0.1) is 11.2 Å².